The molecule has 2 aliphatic heterocycles. The molecule has 0 bridgehead atoms. The van der Waals surface area contributed by atoms with Crippen molar-refractivity contribution in [3.63, 3.8) is 0 Å². The zero-order valence-electron chi connectivity index (χ0n) is 12.1. The van der Waals surface area contributed by atoms with Crippen LogP contribution in [0.4, 0.5) is 5.82 Å². The Morgan fingerprint density at radius 3 is 2.86 bits per heavy atom. The van der Waals surface area contributed by atoms with Crippen molar-refractivity contribution in [3.05, 3.63) is 23.9 Å². The van der Waals surface area contributed by atoms with Crippen molar-refractivity contribution in [2.45, 2.75) is 31.7 Å². The Bertz CT molecular complexity index is 543. The van der Waals surface area contributed by atoms with Gasteiger partial charge in [0, 0.05) is 38.3 Å². The van der Waals surface area contributed by atoms with Gasteiger partial charge >= 0.3 is 0 Å². The maximum atomic E-state index is 11.9. The third kappa shape index (κ3) is 2.90. The minimum absolute atomic E-state index is 0.185. The van der Waals surface area contributed by atoms with Gasteiger partial charge in [-0.15, -0.1) is 0 Å². The summed E-state index contributed by atoms with van der Waals surface area (Å²) in [6.07, 6.45) is 2.73. The highest BCUT2D eigenvalue weighted by Gasteiger charge is 2.28. The molecular weight excluding hydrogens is 268 g/mol. The van der Waals surface area contributed by atoms with Gasteiger partial charge in [-0.05, 0) is 25.0 Å². The van der Waals surface area contributed by atoms with Crippen LogP contribution in [-0.2, 0) is 9.59 Å². The van der Waals surface area contributed by atoms with Crippen molar-refractivity contribution < 1.29 is 9.59 Å². The van der Waals surface area contributed by atoms with E-state index in [9.17, 15) is 9.59 Å². The molecule has 2 saturated heterocycles. The van der Waals surface area contributed by atoms with Gasteiger partial charge in [0.1, 0.15) is 5.82 Å². The Hall–Kier alpha value is -1.95. The molecule has 0 aliphatic carbocycles. The molecule has 2 N–H and O–H groups in total. The van der Waals surface area contributed by atoms with Crippen LogP contribution in [0.3, 0.4) is 0 Å². The number of imide groups is 1. The van der Waals surface area contributed by atoms with Crippen molar-refractivity contribution in [1.82, 2.24) is 15.6 Å². The summed E-state index contributed by atoms with van der Waals surface area (Å²) in [4.78, 5) is 29.8. The highest BCUT2D eigenvalue weighted by molar-refractivity contribution is 6.00. The molecule has 6 nitrogen and oxygen atoms in total. The monoisotopic (exact) mass is 288 g/mol. The minimum Gasteiger partial charge on any atom is -0.351 e. The van der Waals surface area contributed by atoms with Gasteiger partial charge in [0.25, 0.3) is 0 Å². The number of hydrogen-bond acceptors (Lipinski definition) is 5. The van der Waals surface area contributed by atoms with Crippen molar-refractivity contribution >= 4 is 17.6 Å². The van der Waals surface area contributed by atoms with Gasteiger partial charge in [-0.3, -0.25) is 14.9 Å². The molecule has 3 rings (SSSR count). The van der Waals surface area contributed by atoms with Crippen LogP contribution in [0, 0.1) is 0 Å². The molecule has 112 valence electrons. The van der Waals surface area contributed by atoms with E-state index in [4.69, 9.17) is 0 Å². The van der Waals surface area contributed by atoms with E-state index in [-0.39, 0.29) is 17.7 Å². The van der Waals surface area contributed by atoms with Gasteiger partial charge in [0.2, 0.25) is 11.8 Å². The molecule has 1 unspecified atom stereocenters. The first kappa shape index (κ1) is 14.0. The SMILES string of the molecule is C[C@@H]1CNCCN1c1ccc(C2CCC(=O)NC2=O)cn1. The molecule has 2 atom stereocenters. The van der Waals surface area contributed by atoms with Gasteiger partial charge in [0.15, 0.2) is 0 Å². The number of nitrogens with one attached hydrogen (secondary N) is 2. The Balaban J connectivity index is 1.74. The molecule has 6 heteroatoms. The fourth-order valence-corrected chi connectivity index (χ4v) is 2.97. The molecule has 2 aliphatic rings. The lowest BCUT2D eigenvalue weighted by molar-refractivity contribution is -0.134. The number of pyridine rings is 1. The fourth-order valence-electron chi connectivity index (χ4n) is 2.97. The van der Waals surface area contributed by atoms with Crippen LogP contribution in [-0.4, -0.2) is 42.5 Å². The zero-order chi connectivity index (χ0) is 14.8. The fraction of sp³-hybridized carbons (Fsp3) is 0.533. The number of anilines is 1. The Labute approximate surface area is 123 Å². The molecule has 0 saturated carbocycles. The maximum absolute atomic E-state index is 11.9. The minimum atomic E-state index is -0.260. The Morgan fingerprint density at radius 2 is 2.19 bits per heavy atom. The second-order valence-corrected chi connectivity index (χ2v) is 5.70. The number of rotatable bonds is 2. The summed E-state index contributed by atoms with van der Waals surface area (Å²) in [7, 11) is 0. The lowest BCUT2D eigenvalue weighted by Gasteiger charge is -2.35. The molecule has 3 heterocycles. The van der Waals surface area contributed by atoms with Crippen molar-refractivity contribution in [2.75, 3.05) is 24.5 Å². The van der Waals surface area contributed by atoms with E-state index >= 15 is 0 Å². The van der Waals surface area contributed by atoms with E-state index in [1.807, 2.05) is 12.1 Å². The van der Waals surface area contributed by atoms with E-state index < -0.39 is 0 Å². The molecule has 21 heavy (non-hydrogen) atoms. The van der Waals surface area contributed by atoms with Crippen LogP contribution in [0.25, 0.3) is 0 Å². The van der Waals surface area contributed by atoms with Crippen molar-refractivity contribution in [2.24, 2.45) is 0 Å². The van der Waals surface area contributed by atoms with E-state index in [1.165, 1.54) is 0 Å². The van der Waals surface area contributed by atoms with E-state index in [1.54, 1.807) is 6.20 Å². The Kier molecular flexibility index (Phi) is 3.88. The van der Waals surface area contributed by atoms with Gasteiger partial charge in [-0.1, -0.05) is 6.07 Å². The van der Waals surface area contributed by atoms with Crippen LogP contribution in [0.2, 0.25) is 0 Å². The molecule has 0 aromatic carbocycles. The molecule has 1 aromatic heterocycles. The number of nitrogens with zero attached hydrogens (tertiary/aromatic N) is 2. The first-order chi connectivity index (χ1) is 10.1. The smallest absolute Gasteiger partial charge is 0.234 e. The van der Waals surface area contributed by atoms with Crippen molar-refractivity contribution in [3.8, 4) is 0 Å². The van der Waals surface area contributed by atoms with Gasteiger partial charge in [-0.25, -0.2) is 4.98 Å². The summed E-state index contributed by atoms with van der Waals surface area (Å²) in [6, 6.07) is 4.34. The predicted molar refractivity (Wildman–Crippen MR) is 79.0 cm³/mol. The summed E-state index contributed by atoms with van der Waals surface area (Å²) in [5.41, 5.74) is 0.881. The standard InChI is InChI=1S/C15H20N4O2/c1-10-8-16-6-7-19(10)13-4-2-11(9-17-13)12-3-5-14(20)18-15(12)21/h2,4,9-10,12,16H,3,5-8H2,1H3,(H,18,20,21)/t10-,12?/m1/s1. The summed E-state index contributed by atoms with van der Waals surface area (Å²) < 4.78 is 0. The second-order valence-electron chi connectivity index (χ2n) is 5.70. The Morgan fingerprint density at radius 1 is 1.33 bits per heavy atom. The molecule has 0 radical (unpaired) electrons. The number of piperidine rings is 1. The zero-order valence-corrected chi connectivity index (χ0v) is 12.1. The third-order valence-electron chi connectivity index (χ3n) is 4.21. The summed E-state index contributed by atoms with van der Waals surface area (Å²) >= 11 is 0. The predicted octanol–water partition coefficient (Wildman–Crippen LogP) is 0.400. The molecule has 2 amide bonds. The van der Waals surface area contributed by atoms with Gasteiger partial charge in [-0.2, -0.15) is 0 Å². The lowest BCUT2D eigenvalue weighted by Crippen LogP contribution is -2.50. The number of amides is 2. The van der Waals surface area contributed by atoms with Crippen LogP contribution in [0.5, 0.6) is 0 Å². The molecule has 0 spiro atoms. The highest BCUT2D eigenvalue weighted by Crippen LogP contribution is 2.26. The van der Waals surface area contributed by atoms with E-state index in [0.717, 1.165) is 31.0 Å². The number of aromatic nitrogens is 1. The number of carbonyl (C=O) groups excluding carboxylic acids is 2. The molecule has 2 fully saturated rings. The second kappa shape index (κ2) is 5.81. The highest BCUT2D eigenvalue weighted by atomic mass is 16.2. The molecular formula is C15H20N4O2. The summed E-state index contributed by atoms with van der Waals surface area (Å²) in [5, 5.41) is 5.74. The summed E-state index contributed by atoms with van der Waals surface area (Å²) in [5.74, 6) is 0.288. The quantitative estimate of drug-likeness (QED) is 0.771. The van der Waals surface area contributed by atoms with Crippen LogP contribution in [0.15, 0.2) is 18.3 Å². The van der Waals surface area contributed by atoms with Crippen LogP contribution in [0.1, 0.15) is 31.2 Å². The lowest BCUT2D eigenvalue weighted by atomic mass is 9.92. The topological polar surface area (TPSA) is 74.3 Å². The average molecular weight is 288 g/mol. The normalized spacial score (nSPS) is 26.6. The van der Waals surface area contributed by atoms with Gasteiger partial charge in [0.05, 0.1) is 5.92 Å². The van der Waals surface area contributed by atoms with Crippen molar-refractivity contribution in [1.29, 1.82) is 0 Å². The number of piperazine rings is 1. The molecule has 1 aromatic rings. The van der Waals surface area contributed by atoms with Crippen LogP contribution < -0.4 is 15.5 Å². The maximum Gasteiger partial charge on any atom is 0.234 e. The van der Waals surface area contributed by atoms with E-state index in [0.29, 0.717) is 18.9 Å². The first-order valence-electron chi connectivity index (χ1n) is 7.42. The average Bonchev–Trinajstić information content (AvgIpc) is 2.48. The van der Waals surface area contributed by atoms with E-state index in [2.05, 4.69) is 27.4 Å². The first-order valence-corrected chi connectivity index (χ1v) is 7.42. The number of carbonyl (C=O) groups is 2. The van der Waals surface area contributed by atoms with Gasteiger partial charge < -0.3 is 10.2 Å². The van der Waals surface area contributed by atoms with Crippen LogP contribution >= 0.6 is 0 Å². The third-order valence-corrected chi connectivity index (χ3v) is 4.21. The number of hydrogen-bond donors (Lipinski definition) is 2. The largest absolute Gasteiger partial charge is 0.351 e. The summed E-state index contributed by atoms with van der Waals surface area (Å²) in [6.45, 7) is 5.02.